The van der Waals surface area contributed by atoms with E-state index < -0.39 is 6.09 Å². The first-order valence-electron chi connectivity index (χ1n) is 6.06. The lowest BCUT2D eigenvalue weighted by atomic mass is 10.4. The van der Waals surface area contributed by atoms with Crippen LogP contribution in [0.1, 0.15) is 6.92 Å². The van der Waals surface area contributed by atoms with E-state index in [2.05, 4.69) is 46.2 Å². The summed E-state index contributed by atoms with van der Waals surface area (Å²) in [6.45, 7) is 2.45. The molecule has 3 aromatic heterocycles. The predicted molar refractivity (Wildman–Crippen MR) is 80.9 cm³/mol. The van der Waals surface area contributed by atoms with Gasteiger partial charge in [0, 0.05) is 12.7 Å². The van der Waals surface area contributed by atoms with Crippen molar-refractivity contribution >= 4 is 50.5 Å². The minimum Gasteiger partial charge on any atom is -0.465 e. The molecule has 1 amide bonds. The van der Waals surface area contributed by atoms with Gasteiger partial charge in [-0.2, -0.15) is 0 Å². The van der Waals surface area contributed by atoms with Crippen molar-refractivity contribution in [2.45, 2.75) is 13.5 Å². The van der Waals surface area contributed by atoms with Crippen LogP contribution in [0.25, 0.3) is 22.6 Å². The highest BCUT2D eigenvalue weighted by Gasteiger charge is 2.23. The number of imidazole rings is 1. The van der Waals surface area contributed by atoms with Gasteiger partial charge in [-0.05, 0) is 33.2 Å². The monoisotopic (exact) mass is 386 g/mol. The Kier molecular flexibility index (Phi) is 3.71. The number of aryl methyl sites for hydroxylation is 1. The molecule has 0 atom stereocenters. The number of carboxylic acid groups (broad SMARTS) is 1. The molecule has 9 nitrogen and oxygen atoms in total. The largest absolute Gasteiger partial charge is 0.465 e. The van der Waals surface area contributed by atoms with Gasteiger partial charge in [0.05, 0.1) is 9.99 Å². The van der Waals surface area contributed by atoms with Crippen molar-refractivity contribution in [2.24, 2.45) is 0 Å². The van der Waals surface area contributed by atoms with Crippen molar-refractivity contribution in [3.8, 4) is 11.5 Å². The molecule has 2 N–H and O–H groups in total. The molecular formula is C11H8BrClN6O3. The third-order valence-corrected chi connectivity index (χ3v) is 3.78. The number of halogens is 2. The van der Waals surface area contributed by atoms with E-state index in [0.29, 0.717) is 22.4 Å². The van der Waals surface area contributed by atoms with Crippen LogP contribution in [0.2, 0.25) is 5.15 Å². The Morgan fingerprint density at radius 1 is 1.55 bits per heavy atom. The topological polar surface area (TPSA) is 119 Å². The van der Waals surface area contributed by atoms with Gasteiger partial charge in [0.25, 0.3) is 0 Å². The second-order valence-corrected chi connectivity index (χ2v) is 5.38. The molecule has 3 rings (SSSR count). The first-order valence-corrected chi connectivity index (χ1v) is 7.23. The van der Waals surface area contributed by atoms with E-state index in [1.807, 2.05) is 6.92 Å². The van der Waals surface area contributed by atoms with Crippen LogP contribution in [-0.4, -0.2) is 36.0 Å². The summed E-state index contributed by atoms with van der Waals surface area (Å²) in [5.74, 6) is 0.329. The molecule has 22 heavy (non-hydrogen) atoms. The summed E-state index contributed by atoms with van der Waals surface area (Å²) < 4.78 is 7.13. The summed E-state index contributed by atoms with van der Waals surface area (Å²) in [7, 11) is 0. The van der Waals surface area contributed by atoms with Crippen molar-refractivity contribution in [1.82, 2.24) is 24.8 Å². The zero-order valence-electron chi connectivity index (χ0n) is 11.0. The van der Waals surface area contributed by atoms with Crippen LogP contribution in [0.3, 0.4) is 0 Å². The average molecular weight is 388 g/mol. The van der Waals surface area contributed by atoms with Crippen LogP contribution in [0.4, 0.5) is 10.6 Å². The van der Waals surface area contributed by atoms with Gasteiger partial charge in [-0.3, -0.25) is 5.32 Å². The fourth-order valence-corrected chi connectivity index (χ4v) is 2.77. The first-order chi connectivity index (χ1) is 10.5. The molecule has 0 aliphatic carbocycles. The maximum atomic E-state index is 10.8. The normalized spacial score (nSPS) is 11.0. The number of rotatable bonds is 3. The molecule has 3 heterocycles. The molecule has 0 aliphatic heterocycles. The van der Waals surface area contributed by atoms with Gasteiger partial charge in [-0.15, -0.1) is 0 Å². The molecule has 114 valence electrons. The van der Waals surface area contributed by atoms with Crippen LogP contribution in [0, 0.1) is 0 Å². The molecule has 0 spiro atoms. The van der Waals surface area contributed by atoms with Gasteiger partial charge in [0.1, 0.15) is 5.52 Å². The lowest BCUT2D eigenvalue weighted by molar-refractivity contribution is 0.209. The van der Waals surface area contributed by atoms with E-state index >= 15 is 0 Å². The minimum absolute atomic E-state index is 0.0438. The van der Waals surface area contributed by atoms with Gasteiger partial charge in [-0.25, -0.2) is 19.4 Å². The summed E-state index contributed by atoms with van der Waals surface area (Å²) in [6, 6.07) is 0. The molecule has 0 bridgehead atoms. The van der Waals surface area contributed by atoms with Crippen LogP contribution in [0.5, 0.6) is 0 Å². The Labute approximate surface area is 136 Å². The standard InChI is InChI=1S/C11H8BrClN6O3/c1-2-19-7-4(12)3-14-8(13)5(7)15-10(19)6-9(16-11(20)21)18-22-17-6/h3H,2H2,1H3,(H,16,18)(H,20,21). The Morgan fingerprint density at radius 2 is 2.32 bits per heavy atom. The molecular weight excluding hydrogens is 380 g/mol. The molecule has 3 aromatic rings. The summed E-state index contributed by atoms with van der Waals surface area (Å²) in [5, 5.41) is 18.4. The van der Waals surface area contributed by atoms with Gasteiger partial charge >= 0.3 is 6.09 Å². The van der Waals surface area contributed by atoms with Crippen molar-refractivity contribution in [1.29, 1.82) is 0 Å². The van der Waals surface area contributed by atoms with Gasteiger partial charge in [0.2, 0.25) is 5.82 Å². The number of pyridine rings is 1. The molecule has 0 aliphatic rings. The number of aromatic nitrogens is 5. The van der Waals surface area contributed by atoms with Gasteiger partial charge in [0.15, 0.2) is 16.7 Å². The summed E-state index contributed by atoms with van der Waals surface area (Å²) in [6.07, 6.45) is 0.289. The Hall–Kier alpha value is -2.20. The minimum atomic E-state index is -1.28. The number of hydrogen-bond donors (Lipinski definition) is 2. The van der Waals surface area contributed by atoms with Gasteiger partial charge < -0.3 is 9.67 Å². The highest BCUT2D eigenvalue weighted by molar-refractivity contribution is 9.10. The summed E-state index contributed by atoms with van der Waals surface area (Å²) in [4.78, 5) is 19.2. The first kappa shape index (κ1) is 14.7. The number of anilines is 1. The number of carbonyl (C=O) groups is 1. The van der Waals surface area contributed by atoms with Gasteiger partial charge in [-0.1, -0.05) is 11.6 Å². The van der Waals surface area contributed by atoms with E-state index in [9.17, 15) is 4.79 Å². The van der Waals surface area contributed by atoms with Crippen LogP contribution < -0.4 is 5.32 Å². The summed E-state index contributed by atoms with van der Waals surface area (Å²) >= 11 is 9.49. The van der Waals surface area contributed by atoms with E-state index in [4.69, 9.17) is 16.7 Å². The van der Waals surface area contributed by atoms with Crippen LogP contribution >= 0.6 is 27.5 Å². The van der Waals surface area contributed by atoms with E-state index in [-0.39, 0.29) is 16.7 Å². The van der Waals surface area contributed by atoms with Crippen molar-refractivity contribution in [3.63, 3.8) is 0 Å². The predicted octanol–water partition coefficient (Wildman–Crippen LogP) is 3.01. The molecule has 11 heteroatoms. The number of nitrogens with one attached hydrogen (secondary N) is 1. The fraction of sp³-hybridized carbons (Fsp3) is 0.182. The summed E-state index contributed by atoms with van der Waals surface area (Å²) in [5.41, 5.74) is 1.36. The van der Waals surface area contributed by atoms with Crippen molar-refractivity contribution in [2.75, 3.05) is 5.32 Å². The maximum absolute atomic E-state index is 10.8. The van der Waals surface area contributed by atoms with E-state index in [1.165, 1.54) is 0 Å². The Morgan fingerprint density at radius 3 is 3.00 bits per heavy atom. The zero-order valence-corrected chi connectivity index (χ0v) is 13.4. The molecule has 0 fully saturated rings. The van der Waals surface area contributed by atoms with E-state index in [0.717, 1.165) is 5.52 Å². The lowest BCUT2D eigenvalue weighted by Gasteiger charge is -2.05. The number of hydrogen-bond acceptors (Lipinski definition) is 6. The molecule has 0 radical (unpaired) electrons. The number of fused-ring (bicyclic) bond motifs is 1. The SMILES string of the molecule is CCn1c(-c2nonc2NC(=O)O)nc2c(Cl)ncc(Br)c21. The lowest BCUT2D eigenvalue weighted by Crippen LogP contribution is -2.09. The number of nitrogens with zero attached hydrogens (tertiary/aromatic N) is 5. The molecule has 0 saturated carbocycles. The Balaban J connectivity index is 2.28. The Bertz CT molecular complexity index is 876. The third-order valence-electron chi connectivity index (χ3n) is 2.92. The highest BCUT2D eigenvalue weighted by atomic mass is 79.9. The molecule has 0 aromatic carbocycles. The molecule has 0 unspecified atom stereocenters. The number of amides is 1. The van der Waals surface area contributed by atoms with Crippen molar-refractivity contribution in [3.05, 3.63) is 15.8 Å². The zero-order chi connectivity index (χ0) is 15.9. The van der Waals surface area contributed by atoms with Crippen LogP contribution in [0.15, 0.2) is 15.3 Å². The average Bonchev–Trinajstić information content (AvgIpc) is 3.06. The third kappa shape index (κ3) is 2.29. The molecule has 0 saturated heterocycles. The quantitative estimate of drug-likeness (QED) is 0.663. The van der Waals surface area contributed by atoms with Crippen molar-refractivity contribution < 1.29 is 14.5 Å². The smallest absolute Gasteiger partial charge is 0.410 e. The second-order valence-electron chi connectivity index (χ2n) is 4.17. The second kappa shape index (κ2) is 5.54. The highest BCUT2D eigenvalue weighted by Crippen LogP contribution is 2.33. The van der Waals surface area contributed by atoms with E-state index in [1.54, 1.807) is 10.8 Å². The fourth-order valence-electron chi connectivity index (χ4n) is 2.08. The maximum Gasteiger partial charge on any atom is 0.410 e. The van der Waals surface area contributed by atoms with Crippen LogP contribution in [-0.2, 0) is 6.54 Å².